The highest BCUT2D eigenvalue weighted by Crippen LogP contribution is 2.18. The second-order valence-corrected chi connectivity index (χ2v) is 7.91. The second kappa shape index (κ2) is 9.74. The van der Waals surface area contributed by atoms with E-state index in [0.29, 0.717) is 0 Å². The topological polar surface area (TPSA) is 60.0 Å². The van der Waals surface area contributed by atoms with Crippen molar-refractivity contribution in [2.45, 2.75) is 39.3 Å². The van der Waals surface area contributed by atoms with Crippen molar-refractivity contribution in [1.29, 1.82) is 0 Å². The minimum atomic E-state index is 0.0524. The largest absolute Gasteiger partial charge is 0.354 e. The number of amides is 1. The Hall–Kier alpha value is -2.08. The average molecular weight is 374 g/mol. The Kier molecular flexibility index (Phi) is 7.66. The molecule has 2 rings (SSSR count). The quantitative estimate of drug-likeness (QED) is 0.592. The zero-order valence-electron chi connectivity index (χ0n) is 17.6. The lowest BCUT2D eigenvalue weighted by atomic mass is 10.0. The highest BCUT2D eigenvalue weighted by molar-refractivity contribution is 5.81. The monoisotopic (exact) mass is 373 g/mol. The summed E-state index contributed by atoms with van der Waals surface area (Å²) in [5, 5.41) is 6.92. The van der Waals surface area contributed by atoms with Crippen molar-refractivity contribution in [3.63, 3.8) is 0 Å². The third kappa shape index (κ3) is 5.96. The molecule has 2 N–H and O–H groups in total. The van der Waals surface area contributed by atoms with Crippen molar-refractivity contribution >= 4 is 11.9 Å². The number of rotatable bonds is 6. The molecule has 1 saturated heterocycles. The first-order chi connectivity index (χ1) is 12.8. The van der Waals surface area contributed by atoms with E-state index < -0.39 is 0 Å². The summed E-state index contributed by atoms with van der Waals surface area (Å²) < 4.78 is 0. The predicted octanol–water partition coefficient (Wildman–Crippen LogP) is 2.02. The van der Waals surface area contributed by atoms with Crippen molar-refractivity contribution in [3.05, 3.63) is 35.4 Å². The van der Waals surface area contributed by atoms with Crippen LogP contribution >= 0.6 is 0 Å². The van der Waals surface area contributed by atoms with Crippen LogP contribution in [-0.4, -0.2) is 68.5 Å². The van der Waals surface area contributed by atoms with Gasteiger partial charge in [0.1, 0.15) is 0 Å². The van der Waals surface area contributed by atoms with Crippen LogP contribution in [0.25, 0.3) is 0 Å². The van der Waals surface area contributed by atoms with Crippen LogP contribution in [-0.2, 0) is 4.79 Å². The molecule has 2 atom stereocenters. The minimum absolute atomic E-state index is 0.0524. The summed E-state index contributed by atoms with van der Waals surface area (Å²) in [4.78, 5) is 20.7. The number of aliphatic imine (C=N–C) groups is 1. The van der Waals surface area contributed by atoms with Crippen LogP contribution in [0.5, 0.6) is 0 Å². The lowest BCUT2D eigenvalue weighted by Gasteiger charge is -2.27. The predicted molar refractivity (Wildman–Crippen MR) is 112 cm³/mol. The van der Waals surface area contributed by atoms with E-state index in [1.165, 1.54) is 11.1 Å². The van der Waals surface area contributed by atoms with Gasteiger partial charge < -0.3 is 20.4 Å². The van der Waals surface area contributed by atoms with Gasteiger partial charge in [-0.15, -0.1) is 0 Å². The van der Waals surface area contributed by atoms with Crippen LogP contribution in [0.4, 0.5) is 0 Å². The van der Waals surface area contributed by atoms with Crippen molar-refractivity contribution in [2.75, 3.05) is 40.8 Å². The number of hydrogen-bond donors (Lipinski definition) is 2. The highest BCUT2D eigenvalue weighted by Gasteiger charge is 2.28. The summed E-state index contributed by atoms with van der Waals surface area (Å²) in [7, 11) is 5.97. The minimum Gasteiger partial charge on any atom is -0.354 e. The van der Waals surface area contributed by atoms with Gasteiger partial charge in [0.05, 0.1) is 6.04 Å². The molecule has 1 aliphatic rings. The molecule has 2 unspecified atom stereocenters. The molecule has 27 heavy (non-hydrogen) atoms. The van der Waals surface area contributed by atoms with Gasteiger partial charge in [-0.05, 0) is 33.0 Å². The molecule has 1 aliphatic heterocycles. The Balaban J connectivity index is 1.91. The Morgan fingerprint density at radius 1 is 1.30 bits per heavy atom. The Bertz CT molecular complexity index is 638. The lowest BCUT2D eigenvalue weighted by Crippen LogP contribution is -2.47. The van der Waals surface area contributed by atoms with E-state index in [4.69, 9.17) is 0 Å². The number of guanidine groups is 1. The van der Waals surface area contributed by atoms with Crippen molar-refractivity contribution in [1.82, 2.24) is 20.4 Å². The van der Waals surface area contributed by atoms with Gasteiger partial charge >= 0.3 is 0 Å². The van der Waals surface area contributed by atoms with Gasteiger partial charge in [0.25, 0.3) is 0 Å². The van der Waals surface area contributed by atoms with E-state index in [2.05, 4.69) is 65.8 Å². The van der Waals surface area contributed by atoms with Crippen LogP contribution in [0.1, 0.15) is 37.4 Å². The Morgan fingerprint density at radius 3 is 2.52 bits per heavy atom. The summed E-state index contributed by atoms with van der Waals surface area (Å²) in [6.07, 6.45) is 0.953. The van der Waals surface area contributed by atoms with Crippen molar-refractivity contribution in [3.8, 4) is 0 Å². The maximum absolute atomic E-state index is 12.2. The molecule has 6 heteroatoms. The standard InChI is InChI=1S/C21H35N5O/c1-15(2)20(27)26-12-11-18(14-26)24-21(22-4)23-13-19(25(5)6)17-9-7-16(3)8-10-17/h7-10,15,18-19H,11-14H2,1-6H3,(H2,22,23,24). The molecule has 0 bridgehead atoms. The molecule has 0 saturated carbocycles. The molecule has 0 radical (unpaired) electrons. The molecule has 150 valence electrons. The third-order valence-corrected chi connectivity index (χ3v) is 5.11. The average Bonchev–Trinajstić information content (AvgIpc) is 3.09. The summed E-state index contributed by atoms with van der Waals surface area (Å²) in [5.74, 6) is 1.07. The van der Waals surface area contributed by atoms with Gasteiger partial charge in [-0.1, -0.05) is 43.7 Å². The maximum Gasteiger partial charge on any atom is 0.225 e. The Morgan fingerprint density at radius 2 is 1.96 bits per heavy atom. The highest BCUT2D eigenvalue weighted by atomic mass is 16.2. The first-order valence-corrected chi connectivity index (χ1v) is 9.80. The van der Waals surface area contributed by atoms with Crippen LogP contribution < -0.4 is 10.6 Å². The summed E-state index contributed by atoms with van der Waals surface area (Å²) in [6, 6.07) is 9.17. The molecule has 0 aromatic heterocycles. The van der Waals surface area contributed by atoms with Crippen LogP contribution in [0.2, 0.25) is 0 Å². The first-order valence-electron chi connectivity index (χ1n) is 9.80. The van der Waals surface area contributed by atoms with E-state index >= 15 is 0 Å². The molecule has 1 aromatic rings. The summed E-state index contributed by atoms with van der Waals surface area (Å²) >= 11 is 0. The van der Waals surface area contributed by atoms with Crippen molar-refractivity contribution in [2.24, 2.45) is 10.9 Å². The Labute approximate surface area is 164 Å². The smallest absolute Gasteiger partial charge is 0.225 e. The maximum atomic E-state index is 12.2. The number of nitrogens with zero attached hydrogens (tertiary/aromatic N) is 3. The van der Waals surface area contributed by atoms with Gasteiger partial charge in [-0.3, -0.25) is 9.79 Å². The van der Waals surface area contributed by atoms with Crippen LogP contribution in [0, 0.1) is 12.8 Å². The first kappa shape index (κ1) is 21.2. The number of hydrogen-bond acceptors (Lipinski definition) is 3. The van der Waals surface area contributed by atoms with E-state index in [9.17, 15) is 4.79 Å². The summed E-state index contributed by atoms with van der Waals surface area (Å²) in [6.45, 7) is 8.33. The van der Waals surface area contributed by atoms with Crippen LogP contribution in [0.15, 0.2) is 29.3 Å². The van der Waals surface area contributed by atoms with Crippen molar-refractivity contribution < 1.29 is 4.79 Å². The molecule has 1 aromatic carbocycles. The van der Waals surface area contributed by atoms with Gasteiger partial charge in [-0.25, -0.2) is 0 Å². The van der Waals surface area contributed by atoms with Gasteiger partial charge in [0.2, 0.25) is 5.91 Å². The molecule has 6 nitrogen and oxygen atoms in total. The number of carbonyl (C=O) groups is 1. The second-order valence-electron chi connectivity index (χ2n) is 7.91. The zero-order chi connectivity index (χ0) is 20.0. The fraction of sp³-hybridized carbons (Fsp3) is 0.619. The van der Waals surface area contributed by atoms with Gasteiger partial charge in [-0.2, -0.15) is 0 Å². The lowest BCUT2D eigenvalue weighted by molar-refractivity contribution is -0.133. The molecule has 1 heterocycles. The SMILES string of the molecule is CN=C(NCC(c1ccc(C)cc1)N(C)C)NC1CCN(C(=O)C(C)C)C1. The van der Waals surface area contributed by atoms with E-state index in [1.807, 2.05) is 18.7 Å². The van der Waals surface area contributed by atoms with Gasteiger partial charge in [0.15, 0.2) is 5.96 Å². The zero-order valence-corrected chi connectivity index (χ0v) is 17.6. The number of nitrogens with one attached hydrogen (secondary N) is 2. The molecule has 1 amide bonds. The van der Waals surface area contributed by atoms with Gasteiger partial charge in [0, 0.05) is 38.6 Å². The molecule has 1 fully saturated rings. The number of likely N-dealkylation sites (N-methyl/N-ethyl adjacent to an activating group) is 1. The molecular formula is C21H35N5O. The molecule has 0 aliphatic carbocycles. The fourth-order valence-electron chi connectivity index (χ4n) is 3.41. The van der Waals surface area contributed by atoms with Crippen LogP contribution in [0.3, 0.4) is 0 Å². The van der Waals surface area contributed by atoms with E-state index in [-0.39, 0.29) is 23.9 Å². The summed E-state index contributed by atoms with van der Waals surface area (Å²) in [5.41, 5.74) is 2.55. The number of likely N-dealkylation sites (tertiary alicyclic amines) is 1. The fourth-order valence-corrected chi connectivity index (χ4v) is 3.41. The number of benzene rings is 1. The van der Waals surface area contributed by atoms with E-state index in [1.54, 1.807) is 7.05 Å². The normalized spacial score (nSPS) is 18.9. The third-order valence-electron chi connectivity index (χ3n) is 5.11. The molecule has 0 spiro atoms. The molecular weight excluding hydrogens is 338 g/mol. The number of aryl methyl sites for hydroxylation is 1. The van der Waals surface area contributed by atoms with E-state index in [0.717, 1.165) is 32.0 Å². The number of carbonyl (C=O) groups excluding carboxylic acids is 1.